The molecular formula is C14H17N5. The van der Waals surface area contributed by atoms with Crippen molar-refractivity contribution < 1.29 is 0 Å². The van der Waals surface area contributed by atoms with Crippen LogP contribution in [-0.4, -0.2) is 21.7 Å². The number of benzene rings is 1. The highest BCUT2D eigenvalue weighted by Gasteiger charge is 2.00. The lowest BCUT2D eigenvalue weighted by molar-refractivity contribution is 0.968. The molecule has 0 saturated heterocycles. The Morgan fingerprint density at radius 1 is 1.26 bits per heavy atom. The zero-order valence-corrected chi connectivity index (χ0v) is 10.9. The molecule has 0 bridgehead atoms. The van der Waals surface area contributed by atoms with Gasteiger partial charge < -0.3 is 10.6 Å². The number of anilines is 3. The smallest absolute Gasteiger partial charge is 0.244 e. The van der Waals surface area contributed by atoms with Gasteiger partial charge in [0.1, 0.15) is 0 Å². The Labute approximate surface area is 112 Å². The van der Waals surface area contributed by atoms with Crippen molar-refractivity contribution >= 4 is 17.5 Å². The summed E-state index contributed by atoms with van der Waals surface area (Å²) in [5, 5.41) is 14.0. The largest absolute Gasteiger partial charge is 0.349 e. The maximum absolute atomic E-state index is 4.30. The maximum Gasteiger partial charge on any atom is 0.244 e. The summed E-state index contributed by atoms with van der Waals surface area (Å²) in [5.41, 5.74) is 2.28. The highest BCUT2D eigenvalue weighted by Crippen LogP contribution is 2.15. The average Bonchev–Trinajstić information content (AvgIpc) is 2.46. The van der Waals surface area contributed by atoms with Crippen LogP contribution in [-0.2, 0) is 6.42 Å². The van der Waals surface area contributed by atoms with Gasteiger partial charge in [-0.25, -0.2) is 0 Å². The molecule has 19 heavy (non-hydrogen) atoms. The van der Waals surface area contributed by atoms with E-state index in [1.54, 1.807) is 12.3 Å². The van der Waals surface area contributed by atoms with Gasteiger partial charge in [-0.3, -0.25) is 0 Å². The molecule has 0 radical (unpaired) electrons. The van der Waals surface area contributed by atoms with Crippen molar-refractivity contribution in [1.82, 2.24) is 15.2 Å². The summed E-state index contributed by atoms with van der Waals surface area (Å²) in [6.07, 6.45) is 4.37. The van der Waals surface area contributed by atoms with E-state index >= 15 is 0 Å². The Morgan fingerprint density at radius 3 is 2.74 bits per heavy atom. The first-order valence-corrected chi connectivity index (χ1v) is 6.22. The van der Waals surface area contributed by atoms with Crippen molar-refractivity contribution in [3.05, 3.63) is 48.7 Å². The van der Waals surface area contributed by atoms with Crippen LogP contribution in [0.3, 0.4) is 0 Å². The van der Waals surface area contributed by atoms with Crippen LogP contribution in [0.25, 0.3) is 0 Å². The van der Waals surface area contributed by atoms with Gasteiger partial charge in [0.25, 0.3) is 0 Å². The predicted octanol–water partition coefficient (Wildman–Crippen LogP) is 2.78. The van der Waals surface area contributed by atoms with Gasteiger partial charge in [0.2, 0.25) is 5.95 Å². The third-order valence-electron chi connectivity index (χ3n) is 2.60. The summed E-state index contributed by atoms with van der Waals surface area (Å²) in [4.78, 5) is 4.30. The maximum atomic E-state index is 4.30. The Hall–Kier alpha value is -2.43. The minimum atomic E-state index is 0.482. The van der Waals surface area contributed by atoms with Crippen molar-refractivity contribution in [3.8, 4) is 0 Å². The van der Waals surface area contributed by atoms with Gasteiger partial charge in [-0.15, -0.1) is 11.7 Å². The molecule has 98 valence electrons. The molecule has 1 aromatic heterocycles. The lowest BCUT2D eigenvalue weighted by Crippen LogP contribution is -2.05. The number of nitrogens with zero attached hydrogens (tertiary/aromatic N) is 3. The number of aromatic nitrogens is 3. The predicted molar refractivity (Wildman–Crippen MR) is 77.6 cm³/mol. The summed E-state index contributed by atoms with van der Waals surface area (Å²) in [6, 6.07) is 8.23. The van der Waals surface area contributed by atoms with Crippen LogP contribution in [0.1, 0.15) is 12.5 Å². The van der Waals surface area contributed by atoms with E-state index < -0.39 is 0 Å². The van der Waals surface area contributed by atoms with Crippen LogP contribution in [0.4, 0.5) is 17.5 Å². The topological polar surface area (TPSA) is 62.7 Å². The summed E-state index contributed by atoms with van der Waals surface area (Å²) < 4.78 is 0. The average molecular weight is 255 g/mol. The van der Waals surface area contributed by atoms with Crippen LogP contribution < -0.4 is 10.6 Å². The second kappa shape index (κ2) is 6.49. The van der Waals surface area contributed by atoms with Crippen LogP contribution in [0.2, 0.25) is 0 Å². The van der Waals surface area contributed by atoms with Crippen LogP contribution in [0.15, 0.2) is 43.1 Å². The molecule has 0 amide bonds. The lowest BCUT2D eigenvalue weighted by Gasteiger charge is -2.07. The monoisotopic (exact) mass is 255 g/mol. The normalized spacial score (nSPS) is 9.95. The number of hydrogen-bond acceptors (Lipinski definition) is 5. The fraction of sp³-hybridized carbons (Fsp3) is 0.214. The van der Waals surface area contributed by atoms with E-state index in [4.69, 9.17) is 0 Å². The molecule has 0 unspecified atom stereocenters. The van der Waals surface area contributed by atoms with Gasteiger partial charge in [0.15, 0.2) is 5.82 Å². The molecule has 1 heterocycles. The second-order valence-corrected chi connectivity index (χ2v) is 4.01. The zero-order valence-electron chi connectivity index (χ0n) is 10.9. The number of aryl methyl sites for hydroxylation is 1. The third-order valence-corrected chi connectivity index (χ3v) is 2.60. The van der Waals surface area contributed by atoms with E-state index in [2.05, 4.69) is 51.5 Å². The first-order valence-electron chi connectivity index (χ1n) is 6.22. The van der Waals surface area contributed by atoms with Gasteiger partial charge in [-0.05, 0) is 24.1 Å². The first kappa shape index (κ1) is 13.0. The standard InChI is InChI=1S/C14H17N5/c1-3-9-15-14-18-13(10-16-19-14)17-12-7-5-11(4-2)6-8-12/h3,5-8,10H,1,4,9H2,2H3,(H2,15,17,18,19). The quantitative estimate of drug-likeness (QED) is 0.777. The molecule has 2 N–H and O–H groups in total. The summed E-state index contributed by atoms with van der Waals surface area (Å²) in [5.74, 6) is 1.14. The van der Waals surface area contributed by atoms with E-state index in [9.17, 15) is 0 Å². The summed E-state index contributed by atoms with van der Waals surface area (Å²) in [6.45, 7) is 6.37. The van der Waals surface area contributed by atoms with Gasteiger partial charge in [-0.2, -0.15) is 10.1 Å². The molecule has 2 rings (SSSR count). The molecule has 0 aliphatic rings. The molecule has 0 atom stereocenters. The van der Waals surface area contributed by atoms with Crippen molar-refractivity contribution in [2.24, 2.45) is 0 Å². The molecule has 0 aliphatic heterocycles. The number of hydrogen-bond donors (Lipinski definition) is 2. The molecule has 2 aromatic rings. The fourth-order valence-electron chi connectivity index (χ4n) is 1.57. The highest BCUT2D eigenvalue weighted by atomic mass is 15.3. The molecule has 5 heteroatoms. The zero-order chi connectivity index (χ0) is 13.5. The molecule has 5 nitrogen and oxygen atoms in total. The molecule has 0 saturated carbocycles. The van der Waals surface area contributed by atoms with Gasteiger partial charge >= 0.3 is 0 Å². The van der Waals surface area contributed by atoms with E-state index in [1.807, 2.05) is 12.1 Å². The Bertz CT molecular complexity index is 536. The Balaban J connectivity index is 2.06. The minimum absolute atomic E-state index is 0.482. The van der Waals surface area contributed by atoms with Crippen molar-refractivity contribution in [2.75, 3.05) is 17.2 Å². The Morgan fingerprint density at radius 2 is 2.05 bits per heavy atom. The molecule has 0 spiro atoms. The highest BCUT2D eigenvalue weighted by molar-refractivity contribution is 5.56. The third kappa shape index (κ3) is 3.77. The van der Waals surface area contributed by atoms with E-state index in [0.29, 0.717) is 18.3 Å². The van der Waals surface area contributed by atoms with Gasteiger partial charge in [-0.1, -0.05) is 25.1 Å². The molecular weight excluding hydrogens is 238 g/mol. The van der Waals surface area contributed by atoms with Gasteiger partial charge in [0.05, 0.1) is 6.20 Å². The van der Waals surface area contributed by atoms with Crippen molar-refractivity contribution in [2.45, 2.75) is 13.3 Å². The Kier molecular flexibility index (Phi) is 4.44. The SMILES string of the molecule is C=CCNc1nncc(Nc2ccc(CC)cc2)n1. The van der Waals surface area contributed by atoms with Crippen molar-refractivity contribution in [3.63, 3.8) is 0 Å². The van der Waals surface area contributed by atoms with Crippen molar-refractivity contribution in [1.29, 1.82) is 0 Å². The molecule has 0 aliphatic carbocycles. The summed E-state index contributed by atoms with van der Waals surface area (Å²) >= 11 is 0. The number of rotatable bonds is 6. The fourth-order valence-corrected chi connectivity index (χ4v) is 1.57. The molecule has 0 fully saturated rings. The van der Waals surface area contributed by atoms with Crippen LogP contribution in [0.5, 0.6) is 0 Å². The minimum Gasteiger partial charge on any atom is -0.349 e. The second-order valence-electron chi connectivity index (χ2n) is 4.01. The van der Waals surface area contributed by atoms with E-state index in [-0.39, 0.29) is 0 Å². The first-order chi connectivity index (χ1) is 9.31. The summed E-state index contributed by atoms with van der Waals surface area (Å²) in [7, 11) is 0. The lowest BCUT2D eigenvalue weighted by atomic mass is 10.1. The number of nitrogens with one attached hydrogen (secondary N) is 2. The van der Waals surface area contributed by atoms with E-state index in [0.717, 1.165) is 12.1 Å². The molecule has 1 aromatic carbocycles. The van der Waals surface area contributed by atoms with Gasteiger partial charge in [0, 0.05) is 12.2 Å². The van der Waals surface area contributed by atoms with Crippen LogP contribution >= 0.6 is 0 Å². The van der Waals surface area contributed by atoms with Crippen LogP contribution in [0, 0.1) is 0 Å². The van der Waals surface area contributed by atoms with E-state index in [1.165, 1.54) is 5.56 Å².